The molecule has 1 aliphatic rings. The van der Waals surface area contributed by atoms with Gasteiger partial charge in [-0.25, -0.2) is 15.0 Å². The Balaban J connectivity index is 1.43. The Morgan fingerprint density at radius 2 is 1.94 bits per heavy atom. The Bertz CT molecular complexity index is 1210. The maximum absolute atomic E-state index is 12.4. The van der Waals surface area contributed by atoms with Crippen molar-refractivity contribution in [1.29, 1.82) is 0 Å². The van der Waals surface area contributed by atoms with Crippen LogP contribution in [0.2, 0.25) is 0 Å². The van der Waals surface area contributed by atoms with Crippen molar-refractivity contribution < 1.29 is 9.59 Å². The summed E-state index contributed by atoms with van der Waals surface area (Å²) in [5, 5.41) is 3.00. The largest absolute Gasteiger partial charge is 0.301 e. The number of benzene rings is 1. The summed E-state index contributed by atoms with van der Waals surface area (Å²) in [5.74, 6) is -0.132. The number of ketones is 1. The molecule has 1 aliphatic carbocycles. The lowest BCUT2D eigenvalue weighted by atomic mass is 9.76. The van der Waals surface area contributed by atoms with Crippen LogP contribution in [0.25, 0.3) is 11.3 Å². The minimum Gasteiger partial charge on any atom is -0.301 e. The van der Waals surface area contributed by atoms with Gasteiger partial charge in [-0.2, -0.15) is 0 Å². The first-order valence-corrected chi connectivity index (χ1v) is 10.8. The van der Waals surface area contributed by atoms with E-state index in [-0.39, 0.29) is 34.4 Å². The Hall–Kier alpha value is -3.33. The number of carbonyl (C=O) groups excluding carboxylic acids is 2. The van der Waals surface area contributed by atoms with Crippen LogP contribution in [0.1, 0.15) is 36.3 Å². The topological polar surface area (TPSA) is 118 Å². The van der Waals surface area contributed by atoms with Crippen molar-refractivity contribution in [3.8, 4) is 11.3 Å². The lowest BCUT2D eigenvalue weighted by Gasteiger charge is -2.29. The number of anilines is 1. The van der Waals surface area contributed by atoms with Crippen molar-refractivity contribution in [3.63, 3.8) is 0 Å². The number of amides is 1. The summed E-state index contributed by atoms with van der Waals surface area (Å²) in [6.45, 7) is 4.03. The molecule has 2 aromatic heterocycles. The second-order valence-electron chi connectivity index (χ2n) is 8.13. The summed E-state index contributed by atoms with van der Waals surface area (Å²) in [6, 6.07) is 10.8. The minimum absolute atomic E-state index is 0.0199. The van der Waals surface area contributed by atoms with Crippen molar-refractivity contribution >= 4 is 29.4 Å². The van der Waals surface area contributed by atoms with Gasteiger partial charge in [0.15, 0.2) is 10.9 Å². The molecule has 2 N–H and O–H groups in total. The SMILES string of the molecule is CC1(C)CC(=O)c2cnc(NC(=O)CSc3nc(-c4ccccc4)cc(=O)[nH]3)nc2C1. The van der Waals surface area contributed by atoms with Crippen LogP contribution >= 0.6 is 11.8 Å². The van der Waals surface area contributed by atoms with E-state index in [1.54, 1.807) is 0 Å². The van der Waals surface area contributed by atoms with Gasteiger partial charge in [-0.3, -0.25) is 19.7 Å². The summed E-state index contributed by atoms with van der Waals surface area (Å²) < 4.78 is 0. The lowest BCUT2D eigenvalue weighted by Crippen LogP contribution is -2.29. The number of nitrogens with zero attached hydrogens (tertiary/aromatic N) is 3. The molecule has 1 amide bonds. The highest BCUT2D eigenvalue weighted by Gasteiger charge is 2.32. The molecule has 0 bridgehead atoms. The zero-order valence-electron chi connectivity index (χ0n) is 17.1. The van der Waals surface area contributed by atoms with Gasteiger partial charge in [0.1, 0.15) is 0 Å². The predicted octanol–water partition coefficient (Wildman–Crippen LogP) is 3.11. The Kier molecular flexibility index (Phi) is 5.69. The first kappa shape index (κ1) is 20.9. The van der Waals surface area contributed by atoms with Gasteiger partial charge >= 0.3 is 0 Å². The van der Waals surface area contributed by atoms with E-state index in [0.717, 1.165) is 17.3 Å². The molecule has 0 saturated carbocycles. The van der Waals surface area contributed by atoms with Gasteiger partial charge in [-0.1, -0.05) is 55.9 Å². The molecule has 4 rings (SSSR count). The molecule has 0 spiro atoms. The van der Waals surface area contributed by atoms with E-state index < -0.39 is 0 Å². The van der Waals surface area contributed by atoms with Gasteiger partial charge in [0.2, 0.25) is 11.9 Å². The normalized spacial score (nSPS) is 14.7. The molecular weight excluding hydrogens is 414 g/mol. The van der Waals surface area contributed by atoms with E-state index in [1.807, 2.05) is 44.2 Å². The van der Waals surface area contributed by atoms with Crippen LogP contribution in [0.15, 0.2) is 52.5 Å². The first-order chi connectivity index (χ1) is 14.8. The molecule has 0 radical (unpaired) electrons. The molecular formula is C22H21N5O3S. The second-order valence-corrected chi connectivity index (χ2v) is 9.10. The molecule has 9 heteroatoms. The smallest absolute Gasteiger partial charge is 0.252 e. The Morgan fingerprint density at radius 1 is 1.16 bits per heavy atom. The fourth-order valence-corrected chi connectivity index (χ4v) is 4.12. The summed E-state index contributed by atoms with van der Waals surface area (Å²) in [6.07, 6.45) is 2.58. The lowest BCUT2D eigenvalue weighted by molar-refractivity contribution is -0.113. The molecule has 0 aliphatic heterocycles. The van der Waals surface area contributed by atoms with E-state index in [1.165, 1.54) is 12.3 Å². The van der Waals surface area contributed by atoms with Gasteiger partial charge in [0, 0.05) is 24.2 Å². The van der Waals surface area contributed by atoms with Crippen molar-refractivity contribution in [3.05, 3.63) is 64.2 Å². The highest BCUT2D eigenvalue weighted by Crippen LogP contribution is 2.33. The van der Waals surface area contributed by atoms with Crippen LogP contribution in [0.5, 0.6) is 0 Å². The Morgan fingerprint density at radius 3 is 2.71 bits per heavy atom. The van der Waals surface area contributed by atoms with E-state index >= 15 is 0 Å². The standard InChI is InChI=1S/C22H21N5O3S/c1-22(2)9-16-14(17(28)10-22)11-23-20(24-16)26-19(30)12-31-21-25-15(8-18(29)27-21)13-6-4-3-5-7-13/h3-8,11H,9-10,12H2,1-2H3,(H,25,27,29)(H,23,24,26,30). The number of fused-ring (bicyclic) bond motifs is 1. The number of aromatic amines is 1. The van der Waals surface area contributed by atoms with Gasteiger partial charge in [0.25, 0.3) is 5.56 Å². The van der Waals surface area contributed by atoms with Crippen LogP contribution in [0.3, 0.4) is 0 Å². The zero-order valence-corrected chi connectivity index (χ0v) is 18.0. The van der Waals surface area contributed by atoms with Gasteiger partial charge in [0.05, 0.1) is 22.7 Å². The van der Waals surface area contributed by atoms with Gasteiger partial charge in [-0.05, 0) is 11.8 Å². The number of thioether (sulfide) groups is 1. The fraction of sp³-hybridized carbons (Fsp3) is 0.273. The molecule has 2 heterocycles. The quantitative estimate of drug-likeness (QED) is 0.467. The summed E-state index contributed by atoms with van der Waals surface area (Å²) in [5.41, 5.74) is 2.07. The van der Waals surface area contributed by atoms with Gasteiger partial charge in [-0.15, -0.1) is 0 Å². The maximum atomic E-state index is 12.4. The van der Waals surface area contributed by atoms with E-state index in [2.05, 4.69) is 25.3 Å². The number of aromatic nitrogens is 4. The Labute approximate surface area is 182 Å². The molecule has 0 atom stereocenters. The third-order valence-electron chi connectivity index (χ3n) is 4.83. The summed E-state index contributed by atoms with van der Waals surface area (Å²) in [4.78, 5) is 52.2. The highest BCUT2D eigenvalue weighted by atomic mass is 32.2. The van der Waals surface area contributed by atoms with Crippen LogP contribution < -0.4 is 10.9 Å². The third-order valence-corrected chi connectivity index (χ3v) is 5.71. The number of H-pyrrole nitrogens is 1. The van der Waals surface area contributed by atoms with Crippen molar-refractivity contribution in [2.75, 3.05) is 11.1 Å². The molecule has 8 nitrogen and oxygen atoms in total. The average Bonchev–Trinajstić information content (AvgIpc) is 2.71. The minimum atomic E-state index is -0.334. The molecule has 0 saturated heterocycles. The molecule has 1 aromatic carbocycles. The first-order valence-electron chi connectivity index (χ1n) is 9.78. The van der Waals surface area contributed by atoms with E-state index in [4.69, 9.17) is 0 Å². The van der Waals surface area contributed by atoms with Crippen molar-refractivity contribution in [2.45, 2.75) is 31.8 Å². The van der Waals surface area contributed by atoms with E-state index in [9.17, 15) is 14.4 Å². The molecule has 0 fully saturated rings. The highest BCUT2D eigenvalue weighted by molar-refractivity contribution is 7.99. The van der Waals surface area contributed by atoms with Crippen molar-refractivity contribution in [1.82, 2.24) is 19.9 Å². The molecule has 158 valence electrons. The number of Topliss-reactive ketones (excluding diaryl/α,β-unsaturated/α-hetero) is 1. The maximum Gasteiger partial charge on any atom is 0.252 e. The molecule has 31 heavy (non-hydrogen) atoms. The number of nitrogens with one attached hydrogen (secondary N) is 2. The number of carbonyl (C=O) groups is 2. The molecule has 0 unspecified atom stereocenters. The van der Waals surface area contributed by atoms with Crippen molar-refractivity contribution in [2.24, 2.45) is 5.41 Å². The average molecular weight is 436 g/mol. The van der Waals surface area contributed by atoms with Crippen LogP contribution in [-0.4, -0.2) is 37.4 Å². The van der Waals surface area contributed by atoms with Crippen LogP contribution in [0.4, 0.5) is 5.95 Å². The van der Waals surface area contributed by atoms with Gasteiger partial charge < -0.3 is 4.98 Å². The third kappa shape index (κ3) is 5.05. The fourth-order valence-electron chi connectivity index (χ4n) is 3.45. The monoisotopic (exact) mass is 435 g/mol. The predicted molar refractivity (Wildman–Crippen MR) is 118 cm³/mol. The zero-order chi connectivity index (χ0) is 22.0. The number of rotatable bonds is 5. The van der Waals surface area contributed by atoms with E-state index in [0.29, 0.717) is 34.9 Å². The summed E-state index contributed by atoms with van der Waals surface area (Å²) in [7, 11) is 0. The summed E-state index contributed by atoms with van der Waals surface area (Å²) >= 11 is 1.11. The second kappa shape index (κ2) is 8.43. The van der Waals surface area contributed by atoms with Crippen LogP contribution in [0, 0.1) is 5.41 Å². The van der Waals surface area contributed by atoms with Crippen LogP contribution in [-0.2, 0) is 11.2 Å². The molecule has 3 aromatic rings. The number of hydrogen-bond donors (Lipinski definition) is 2. The number of hydrogen-bond acceptors (Lipinski definition) is 7.